The predicted octanol–water partition coefficient (Wildman–Crippen LogP) is 2.26. The summed E-state index contributed by atoms with van der Waals surface area (Å²) in [6.07, 6.45) is 2.98. The van der Waals surface area contributed by atoms with Crippen LogP contribution in [0.1, 0.15) is 10.4 Å². The van der Waals surface area contributed by atoms with Crippen molar-refractivity contribution in [3.63, 3.8) is 0 Å². The van der Waals surface area contributed by atoms with Gasteiger partial charge in [0.1, 0.15) is 11.4 Å². The van der Waals surface area contributed by atoms with Crippen molar-refractivity contribution >= 4 is 16.8 Å². The lowest BCUT2D eigenvalue weighted by atomic mass is 10.3. The average Bonchev–Trinajstić information content (AvgIpc) is 2.78. The number of carbonyl (C=O) groups is 1. The lowest BCUT2D eigenvalue weighted by molar-refractivity contribution is 0.108. The fourth-order valence-corrected chi connectivity index (χ4v) is 1.47. The largest absolute Gasteiger partial charge is 0.494 e. The van der Waals surface area contributed by atoms with Crippen LogP contribution < -0.4 is 4.74 Å². The number of rotatable bonds is 3. The van der Waals surface area contributed by atoms with Crippen molar-refractivity contribution in [2.24, 2.45) is 0 Å². The molecule has 0 spiro atoms. The fourth-order valence-electron chi connectivity index (χ4n) is 1.38. The first-order chi connectivity index (χ1) is 7.72. The van der Waals surface area contributed by atoms with E-state index in [1.165, 1.54) is 6.20 Å². The van der Waals surface area contributed by atoms with E-state index in [2.05, 4.69) is 5.10 Å². The Bertz CT molecular complexity index is 522. The third kappa shape index (κ3) is 1.92. The molecule has 16 heavy (non-hydrogen) atoms. The molecule has 5 heteroatoms. The molecule has 0 aliphatic rings. The summed E-state index contributed by atoms with van der Waals surface area (Å²) < 4.78 is 6.74. The van der Waals surface area contributed by atoms with Crippen LogP contribution in [0.3, 0.4) is 0 Å². The van der Waals surface area contributed by atoms with Gasteiger partial charge in [0.2, 0.25) is 0 Å². The maximum Gasteiger partial charge on any atom is 0.255 e. The van der Waals surface area contributed by atoms with E-state index in [-0.39, 0.29) is 0 Å². The Morgan fingerprint density at radius 2 is 2.19 bits per heavy atom. The number of nitrogens with zero attached hydrogens (tertiary/aromatic N) is 2. The Hall–Kier alpha value is -1.81. The molecule has 1 aromatic carbocycles. The van der Waals surface area contributed by atoms with E-state index in [0.29, 0.717) is 11.3 Å². The molecule has 2 aromatic rings. The van der Waals surface area contributed by atoms with Gasteiger partial charge in [0.15, 0.2) is 0 Å². The molecule has 0 aliphatic carbocycles. The van der Waals surface area contributed by atoms with E-state index in [0.717, 1.165) is 5.69 Å². The first-order valence-electron chi connectivity index (χ1n) is 4.60. The van der Waals surface area contributed by atoms with Gasteiger partial charge in [-0.25, -0.2) is 4.68 Å². The molecule has 4 nitrogen and oxygen atoms in total. The molecular formula is C11H9ClN2O2. The topological polar surface area (TPSA) is 44.1 Å². The second kappa shape index (κ2) is 4.37. The van der Waals surface area contributed by atoms with Gasteiger partial charge >= 0.3 is 0 Å². The minimum Gasteiger partial charge on any atom is -0.494 e. The van der Waals surface area contributed by atoms with Crippen LogP contribution >= 0.6 is 11.6 Å². The Morgan fingerprint density at radius 3 is 2.81 bits per heavy atom. The van der Waals surface area contributed by atoms with Crippen LogP contribution in [-0.4, -0.2) is 22.1 Å². The van der Waals surface area contributed by atoms with Crippen molar-refractivity contribution in [2.45, 2.75) is 0 Å². The van der Waals surface area contributed by atoms with E-state index in [1.807, 2.05) is 24.3 Å². The van der Waals surface area contributed by atoms with E-state index in [1.54, 1.807) is 18.0 Å². The molecule has 82 valence electrons. The van der Waals surface area contributed by atoms with Crippen LogP contribution in [0, 0.1) is 0 Å². The number of hydrogen-bond acceptors (Lipinski definition) is 3. The highest BCUT2D eigenvalue weighted by molar-refractivity contribution is 6.67. The number of para-hydroxylation sites is 2. The number of ether oxygens (including phenoxy) is 1. The van der Waals surface area contributed by atoms with E-state index < -0.39 is 5.24 Å². The third-order valence-corrected chi connectivity index (χ3v) is 2.36. The number of methoxy groups -OCH3 is 1. The highest BCUT2D eigenvalue weighted by atomic mass is 35.5. The number of benzene rings is 1. The molecular weight excluding hydrogens is 228 g/mol. The van der Waals surface area contributed by atoms with Gasteiger partial charge in [-0.3, -0.25) is 4.79 Å². The van der Waals surface area contributed by atoms with Gasteiger partial charge in [-0.05, 0) is 23.7 Å². The highest BCUT2D eigenvalue weighted by Gasteiger charge is 2.09. The third-order valence-electron chi connectivity index (χ3n) is 2.14. The van der Waals surface area contributed by atoms with E-state index >= 15 is 0 Å². The average molecular weight is 237 g/mol. The van der Waals surface area contributed by atoms with Gasteiger partial charge in [-0.2, -0.15) is 5.10 Å². The molecule has 0 N–H and O–H groups in total. The van der Waals surface area contributed by atoms with Gasteiger partial charge in [0.05, 0.1) is 18.9 Å². The van der Waals surface area contributed by atoms with Gasteiger partial charge in [-0.1, -0.05) is 12.1 Å². The standard InChI is InChI=1S/C11H9ClN2O2/c1-16-10-5-3-2-4-9(10)14-7-8(6-13-14)11(12)15/h2-7H,1H3. The molecule has 0 radical (unpaired) electrons. The maximum atomic E-state index is 10.9. The molecule has 2 rings (SSSR count). The van der Waals surface area contributed by atoms with Crippen molar-refractivity contribution in [3.8, 4) is 11.4 Å². The molecule has 1 aromatic heterocycles. The van der Waals surface area contributed by atoms with Crippen LogP contribution in [0.2, 0.25) is 0 Å². The summed E-state index contributed by atoms with van der Waals surface area (Å²) in [6.45, 7) is 0. The summed E-state index contributed by atoms with van der Waals surface area (Å²) in [4.78, 5) is 10.9. The van der Waals surface area contributed by atoms with Crippen LogP contribution in [0.4, 0.5) is 0 Å². The Balaban J connectivity index is 2.46. The zero-order valence-corrected chi connectivity index (χ0v) is 9.31. The lowest BCUT2D eigenvalue weighted by Gasteiger charge is -2.06. The number of aromatic nitrogens is 2. The van der Waals surface area contributed by atoms with Crippen LogP contribution in [0.5, 0.6) is 5.75 Å². The minimum atomic E-state index is -0.527. The second-order valence-corrected chi connectivity index (χ2v) is 3.46. The summed E-state index contributed by atoms with van der Waals surface area (Å²) in [5.41, 5.74) is 1.11. The van der Waals surface area contributed by atoms with Crippen molar-refractivity contribution in [3.05, 3.63) is 42.2 Å². The zero-order valence-electron chi connectivity index (χ0n) is 8.55. The fraction of sp³-hybridized carbons (Fsp3) is 0.0909. The van der Waals surface area contributed by atoms with Crippen molar-refractivity contribution in [2.75, 3.05) is 7.11 Å². The van der Waals surface area contributed by atoms with Crippen LogP contribution in [0.15, 0.2) is 36.7 Å². The molecule has 0 aliphatic heterocycles. The quantitative estimate of drug-likeness (QED) is 0.768. The van der Waals surface area contributed by atoms with Gasteiger partial charge in [-0.15, -0.1) is 0 Å². The summed E-state index contributed by atoms with van der Waals surface area (Å²) in [6, 6.07) is 7.38. The monoisotopic (exact) mass is 236 g/mol. The molecule has 0 atom stereocenters. The number of halogens is 1. The molecule has 1 heterocycles. The summed E-state index contributed by atoms with van der Waals surface area (Å²) in [5.74, 6) is 0.680. The Kier molecular flexibility index (Phi) is 2.92. The van der Waals surface area contributed by atoms with Crippen LogP contribution in [-0.2, 0) is 0 Å². The van der Waals surface area contributed by atoms with E-state index in [9.17, 15) is 4.79 Å². The Labute approximate surface area is 97.4 Å². The molecule has 0 amide bonds. The predicted molar refractivity (Wildman–Crippen MR) is 60.3 cm³/mol. The summed E-state index contributed by atoms with van der Waals surface area (Å²) in [5, 5.41) is 3.52. The van der Waals surface area contributed by atoms with E-state index in [4.69, 9.17) is 16.3 Å². The first kappa shape index (κ1) is 10.7. The molecule has 0 saturated heterocycles. The van der Waals surface area contributed by atoms with Gasteiger partial charge < -0.3 is 4.74 Å². The van der Waals surface area contributed by atoms with Crippen LogP contribution in [0.25, 0.3) is 5.69 Å². The molecule has 0 fully saturated rings. The lowest BCUT2D eigenvalue weighted by Crippen LogP contribution is -1.97. The minimum absolute atomic E-state index is 0.354. The van der Waals surface area contributed by atoms with Gasteiger partial charge in [0.25, 0.3) is 5.24 Å². The normalized spacial score (nSPS) is 10.1. The number of hydrogen-bond donors (Lipinski definition) is 0. The first-order valence-corrected chi connectivity index (χ1v) is 4.98. The van der Waals surface area contributed by atoms with Gasteiger partial charge in [0, 0.05) is 6.20 Å². The molecule has 0 saturated carbocycles. The maximum absolute atomic E-state index is 10.9. The van der Waals surface area contributed by atoms with Crippen molar-refractivity contribution in [1.82, 2.24) is 9.78 Å². The summed E-state index contributed by atoms with van der Waals surface area (Å²) in [7, 11) is 1.58. The zero-order chi connectivity index (χ0) is 11.5. The Morgan fingerprint density at radius 1 is 1.44 bits per heavy atom. The van der Waals surface area contributed by atoms with Crippen molar-refractivity contribution in [1.29, 1.82) is 0 Å². The second-order valence-electron chi connectivity index (χ2n) is 3.12. The highest BCUT2D eigenvalue weighted by Crippen LogP contribution is 2.21. The number of carbonyl (C=O) groups excluding carboxylic acids is 1. The smallest absolute Gasteiger partial charge is 0.255 e. The SMILES string of the molecule is COc1ccccc1-n1cc(C(=O)Cl)cn1. The molecule has 0 unspecified atom stereocenters. The summed E-state index contributed by atoms with van der Waals surface area (Å²) >= 11 is 5.35. The molecule has 0 bridgehead atoms. The van der Waals surface area contributed by atoms with Crippen molar-refractivity contribution < 1.29 is 9.53 Å².